The Morgan fingerprint density at radius 3 is 2.88 bits per heavy atom. The second kappa shape index (κ2) is 5.52. The molecule has 0 amide bonds. The van der Waals surface area contributed by atoms with Crippen LogP contribution in [0, 0.1) is 6.92 Å². The topological polar surface area (TPSA) is 24.9 Å². The molecule has 0 aliphatic heterocycles. The molecule has 1 N–H and O–H groups in total. The van der Waals surface area contributed by atoms with E-state index >= 15 is 0 Å². The van der Waals surface area contributed by atoms with Crippen molar-refractivity contribution in [2.75, 3.05) is 5.32 Å². The fraction of sp³-hybridized carbons (Fsp3) is 0.154. The average Bonchev–Trinajstić information content (AvgIpc) is 2.32. The number of rotatable bonds is 3. The van der Waals surface area contributed by atoms with Crippen LogP contribution in [-0.2, 0) is 6.54 Å². The zero-order valence-corrected chi connectivity index (χ0v) is 11.7. The van der Waals surface area contributed by atoms with E-state index in [1.165, 1.54) is 5.56 Å². The lowest BCUT2D eigenvalue weighted by Gasteiger charge is -2.09. The van der Waals surface area contributed by atoms with Crippen LogP contribution in [0.4, 0.5) is 5.69 Å². The Morgan fingerprint density at radius 1 is 1.35 bits per heavy atom. The minimum Gasteiger partial charge on any atom is -0.381 e. The van der Waals surface area contributed by atoms with E-state index in [0.29, 0.717) is 11.6 Å². The molecule has 0 aliphatic carbocycles. The van der Waals surface area contributed by atoms with Crippen LogP contribution in [0.15, 0.2) is 41.1 Å². The van der Waals surface area contributed by atoms with Crippen LogP contribution < -0.4 is 5.32 Å². The summed E-state index contributed by atoms with van der Waals surface area (Å²) in [5, 5.41) is 4.01. The van der Waals surface area contributed by atoms with Crippen LogP contribution in [0.3, 0.4) is 0 Å². The lowest BCUT2D eigenvalue weighted by molar-refractivity contribution is 1.13. The van der Waals surface area contributed by atoms with Crippen LogP contribution in [-0.4, -0.2) is 4.98 Å². The predicted molar refractivity (Wildman–Crippen MR) is 75.5 cm³/mol. The number of aromatic nitrogens is 1. The number of pyridine rings is 1. The summed E-state index contributed by atoms with van der Waals surface area (Å²) in [5.74, 6) is 0. The van der Waals surface area contributed by atoms with Gasteiger partial charge in [-0.15, -0.1) is 0 Å². The Bertz CT molecular complexity index is 529. The van der Waals surface area contributed by atoms with Crippen molar-refractivity contribution in [2.24, 2.45) is 0 Å². The number of anilines is 1. The summed E-state index contributed by atoms with van der Waals surface area (Å²) in [6.07, 6.45) is 3.40. The Labute approximate surface area is 114 Å². The minimum absolute atomic E-state index is 0.686. The van der Waals surface area contributed by atoms with E-state index in [1.807, 2.05) is 6.07 Å². The largest absolute Gasteiger partial charge is 0.381 e. The van der Waals surface area contributed by atoms with Crippen molar-refractivity contribution in [3.8, 4) is 0 Å². The van der Waals surface area contributed by atoms with Gasteiger partial charge in [0.15, 0.2) is 0 Å². The van der Waals surface area contributed by atoms with E-state index in [0.717, 1.165) is 15.7 Å². The highest BCUT2D eigenvalue weighted by molar-refractivity contribution is 9.10. The standard InChI is InChI=1S/C13H12BrClN2/c1-9-2-3-11(6-12(9)14)17-7-10-4-5-16-8-13(10)15/h2-6,8,17H,7H2,1H3. The fourth-order valence-corrected chi connectivity index (χ4v) is 2.01. The van der Waals surface area contributed by atoms with Crippen molar-refractivity contribution in [1.29, 1.82) is 0 Å². The first-order chi connectivity index (χ1) is 8.16. The van der Waals surface area contributed by atoms with E-state index in [-0.39, 0.29) is 0 Å². The number of nitrogens with one attached hydrogen (secondary N) is 1. The first-order valence-electron chi connectivity index (χ1n) is 5.25. The Hall–Kier alpha value is -1.06. The summed E-state index contributed by atoms with van der Waals surface area (Å²) < 4.78 is 1.10. The summed E-state index contributed by atoms with van der Waals surface area (Å²) >= 11 is 9.55. The smallest absolute Gasteiger partial charge is 0.0639 e. The van der Waals surface area contributed by atoms with Crippen LogP contribution in [0.5, 0.6) is 0 Å². The maximum atomic E-state index is 6.04. The molecule has 2 nitrogen and oxygen atoms in total. The molecule has 0 radical (unpaired) electrons. The van der Waals surface area contributed by atoms with Gasteiger partial charge < -0.3 is 5.32 Å². The second-order valence-corrected chi connectivity index (χ2v) is 5.05. The summed E-state index contributed by atoms with van der Waals surface area (Å²) in [4.78, 5) is 3.96. The molecule has 0 bridgehead atoms. The van der Waals surface area contributed by atoms with Crippen LogP contribution in [0.25, 0.3) is 0 Å². The van der Waals surface area contributed by atoms with Gasteiger partial charge >= 0.3 is 0 Å². The molecule has 1 aromatic heterocycles. The van der Waals surface area contributed by atoms with Gasteiger partial charge in [-0.1, -0.05) is 33.6 Å². The zero-order chi connectivity index (χ0) is 12.3. The molecule has 1 aromatic carbocycles. The number of hydrogen-bond donors (Lipinski definition) is 1. The van der Waals surface area contributed by atoms with Crippen molar-refractivity contribution in [3.63, 3.8) is 0 Å². The number of nitrogens with zero attached hydrogens (tertiary/aromatic N) is 1. The molecule has 0 aliphatic rings. The maximum absolute atomic E-state index is 6.04. The first-order valence-corrected chi connectivity index (χ1v) is 6.42. The number of halogens is 2. The molecule has 1 heterocycles. The highest BCUT2D eigenvalue weighted by Gasteiger charge is 2.00. The zero-order valence-electron chi connectivity index (χ0n) is 9.37. The van der Waals surface area contributed by atoms with Crippen molar-refractivity contribution >= 4 is 33.2 Å². The predicted octanol–water partition coefficient (Wildman–Crippen LogP) is 4.42. The van der Waals surface area contributed by atoms with E-state index in [1.54, 1.807) is 12.4 Å². The molecule has 88 valence electrons. The van der Waals surface area contributed by atoms with Gasteiger partial charge in [0.2, 0.25) is 0 Å². The average molecular weight is 312 g/mol. The normalized spacial score (nSPS) is 10.3. The molecule has 0 unspecified atom stereocenters. The molecule has 0 saturated heterocycles. The van der Waals surface area contributed by atoms with Crippen LogP contribution in [0.1, 0.15) is 11.1 Å². The lowest BCUT2D eigenvalue weighted by Crippen LogP contribution is -2.00. The second-order valence-electron chi connectivity index (χ2n) is 3.78. The van der Waals surface area contributed by atoms with E-state index in [2.05, 4.69) is 51.4 Å². The van der Waals surface area contributed by atoms with E-state index < -0.39 is 0 Å². The SMILES string of the molecule is Cc1ccc(NCc2ccncc2Cl)cc1Br. The lowest BCUT2D eigenvalue weighted by atomic mass is 10.2. The molecule has 0 atom stereocenters. The van der Waals surface area contributed by atoms with Gasteiger partial charge in [-0.2, -0.15) is 0 Å². The van der Waals surface area contributed by atoms with Gasteiger partial charge in [-0.3, -0.25) is 4.98 Å². The molecule has 4 heteroatoms. The third-order valence-corrected chi connectivity index (χ3v) is 3.71. The minimum atomic E-state index is 0.686. The van der Waals surface area contributed by atoms with Crippen LogP contribution in [0.2, 0.25) is 5.02 Å². The van der Waals surface area contributed by atoms with Gasteiger partial charge in [-0.25, -0.2) is 0 Å². The first kappa shape index (κ1) is 12.4. The summed E-state index contributed by atoms with van der Waals surface area (Å²) in [7, 11) is 0. The maximum Gasteiger partial charge on any atom is 0.0639 e. The van der Waals surface area contributed by atoms with Gasteiger partial charge in [-0.05, 0) is 36.2 Å². The molecule has 0 saturated carbocycles. The third-order valence-electron chi connectivity index (χ3n) is 2.51. The Kier molecular flexibility index (Phi) is 4.02. The molecular formula is C13H12BrClN2. The third kappa shape index (κ3) is 3.20. The molecule has 0 fully saturated rings. The molecular weight excluding hydrogens is 300 g/mol. The monoisotopic (exact) mass is 310 g/mol. The van der Waals surface area contributed by atoms with E-state index in [4.69, 9.17) is 11.6 Å². The molecule has 0 spiro atoms. The molecule has 17 heavy (non-hydrogen) atoms. The van der Waals surface area contributed by atoms with Gasteiger partial charge in [0.05, 0.1) is 5.02 Å². The number of aryl methyl sites for hydroxylation is 1. The van der Waals surface area contributed by atoms with Crippen molar-refractivity contribution < 1.29 is 0 Å². The quantitative estimate of drug-likeness (QED) is 0.907. The summed E-state index contributed by atoms with van der Waals surface area (Å²) in [5.41, 5.74) is 3.33. The van der Waals surface area contributed by atoms with Gasteiger partial charge in [0.1, 0.15) is 0 Å². The fourth-order valence-electron chi connectivity index (χ4n) is 1.45. The van der Waals surface area contributed by atoms with E-state index in [9.17, 15) is 0 Å². The summed E-state index contributed by atoms with van der Waals surface area (Å²) in [6, 6.07) is 8.10. The van der Waals surface area contributed by atoms with Crippen molar-refractivity contribution in [2.45, 2.75) is 13.5 Å². The number of hydrogen-bond acceptors (Lipinski definition) is 2. The Morgan fingerprint density at radius 2 is 2.18 bits per heavy atom. The van der Waals surface area contributed by atoms with Gasteiger partial charge in [0.25, 0.3) is 0 Å². The molecule has 2 aromatic rings. The highest BCUT2D eigenvalue weighted by atomic mass is 79.9. The highest BCUT2D eigenvalue weighted by Crippen LogP contribution is 2.22. The summed E-state index contributed by atoms with van der Waals surface area (Å²) in [6.45, 7) is 2.75. The van der Waals surface area contributed by atoms with Crippen molar-refractivity contribution in [1.82, 2.24) is 4.98 Å². The van der Waals surface area contributed by atoms with Crippen molar-refractivity contribution in [3.05, 3.63) is 57.3 Å². The van der Waals surface area contributed by atoms with Gasteiger partial charge in [0, 0.05) is 29.1 Å². The molecule has 2 rings (SSSR count). The Balaban J connectivity index is 2.08. The number of benzene rings is 1. The van der Waals surface area contributed by atoms with Crippen LogP contribution >= 0.6 is 27.5 Å².